The summed E-state index contributed by atoms with van der Waals surface area (Å²) in [6.45, 7) is 3.16. The minimum atomic E-state index is -0.376. The van der Waals surface area contributed by atoms with Gasteiger partial charge in [-0.05, 0) is 37.8 Å². The number of para-hydroxylation sites is 1. The molecule has 0 radical (unpaired) electrons. The molecule has 1 aliphatic carbocycles. The van der Waals surface area contributed by atoms with E-state index in [4.69, 9.17) is 9.47 Å². The van der Waals surface area contributed by atoms with E-state index < -0.39 is 0 Å². The molecule has 0 aromatic heterocycles. The number of hydrogen-bond acceptors (Lipinski definition) is 4. The molecule has 1 aliphatic heterocycles. The number of piperidine rings is 1. The van der Waals surface area contributed by atoms with Gasteiger partial charge in [-0.2, -0.15) is 0 Å². The highest BCUT2D eigenvalue weighted by molar-refractivity contribution is 5.21. The summed E-state index contributed by atoms with van der Waals surface area (Å²) in [7, 11) is 0. The normalized spacial score (nSPS) is 22.4. The SMILES string of the molecule is O[C@@H](COC1CCCCC1)CN1CCC(Oc2ccccc2)CC1. The number of rotatable bonds is 7. The van der Waals surface area contributed by atoms with Crippen molar-refractivity contribution < 1.29 is 14.6 Å². The fraction of sp³-hybridized carbons (Fsp3) is 0.700. The van der Waals surface area contributed by atoms with Gasteiger partial charge in [0.2, 0.25) is 0 Å². The minimum absolute atomic E-state index is 0.291. The van der Waals surface area contributed by atoms with Crippen molar-refractivity contribution in [2.45, 2.75) is 63.3 Å². The van der Waals surface area contributed by atoms with E-state index in [2.05, 4.69) is 4.90 Å². The average molecular weight is 333 g/mol. The summed E-state index contributed by atoms with van der Waals surface area (Å²) in [6.07, 6.45) is 8.53. The largest absolute Gasteiger partial charge is 0.490 e. The van der Waals surface area contributed by atoms with Crippen LogP contribution in [-0.4, -0.2) is 54.6 Å². The van der Waals surface area contributed by atoms with Gasteiger partial charge in [0.05, 0.1) is 18.8 Å². The molecule has 2 aliphatic rings. The third kappa shape index (κ3) is 5.76. The van der Waals surface area contributed by atoms with Crippen LogP contribution in [0.5, 0.6) is 5.75 Å². The van der Waals surface area contributed by atoms with Gasteiger partial charge in [0.15, 0.2) is 0 Å². The Morgan fingerprint density at radius 2 is 1.67 bits per heavy atom. The number of likely N-dealkylation sites (tertiary alicyclic amines) is 1. The molecule has 3 rings (SSSR count). The third-order valence-electron chi connectivity index (χ3n) is 5.13. The van der Waals surface area contributed by atoms with Crippen LogP contribution in [0.1, 0.15) is 44.9 Å². The summed E-state index contributed by atoms with van der Waals surface area (Å²) in [5, 5.41) is 10.2. The van der Waals surface area contributed by atoms with Crippen molar-refractivity contribution in [3.63, 3.8) is 0 Å². The Morgan fingerprint density at radius 3 is 2.38 bits per heavy atom. The van der Waals surface area contributed by atoms with E-state index in [-0.39, 0.29) is 6.10 Å². The smallest absolute Gasteiger partial charge is 0.119 e. The first-order valence-corrected chi connectivity index (χ1v) is 9.53. The van der Waals surface area contributed by atoms with Crippen LogP contribution in [0.2, 0.25) is 0 Å². The van der Waals surface area contributed by atoms with E-state index in [9.17, 15) is 5.11 Å². The highest BCUT2D eigenvalue weighted by Crippen LogP contribution is 2.21. The lowest BCUT2D eigenvalue weighted by atomic mass is 9.98. The molecule has 134 valence electrons. The quantitative estimate of drug-likeness (QED) is 0.832. The van der Waals surface area contributed by atoms with Gasteiger partial charge in [0.25, 0.3) is 0 Å². The number of ether oxygens (including phenoxy) is 2. The second-order valence-corrected chi connectivity index (χ2v) is 7.18. The van der Waals surface area contributed by atoms with Crippen LogP contribution in [-0.2, 0) is 4.74 Å². The standard InChI is InChI=1S/C20H31NO3/c22-17(16-23-18-7-3-1-4-8-18)15-21-13-11-20(12-14-21)24-19-9-5-2-6-10-19/h2,5-6,9-10,17-18,20,22H,1,3-4,7-8,11-16H2/t17-/m1/s1. The molecule has 4 heteroatoms. The zero-order valence-corrected chi connectivity index (χ0v) is 14.6. The zero-order valence-electron chi connectivity index (χ0n) is 14.6. The molecule has 1 saturated heterocycles. The van der Waals surface area contributed by atoms with Crippen molar-refractivity contribution in [2.75, 3.05) is 26.2 Å². The van der Waals surface area contributed by atoms with Crippen molar-refractivity contribution in [1.82, 2.24) is 4.90 Å². The van der Waals surface area contributed by atoms with E-state index in [1.165, 1.54) is 19.3 Å². The summed E-state index contributed by atoms with van der Waals surface area (Å²) in [5.74, 6) is 0.955. The maximum absolute atomic E-state index is 10.2. The van der Waals surface area contributed by atoms with Crippen LogP contribution >= 0.6 is 0 Å². The first kappa shape index (κ1) is 17.7. The predicted octanol–water partition coefficient (Wildman–Crippen LogP) is 3.24. The molecular formula is C20H31NO3. The van der Waals surface area contributed by atoms with Crippen molar-refractivity contribution in [3.05, 3.63) is 30.3 Å². The Hall–Kier alpha value is -1.10. The maximum atomic E-state index is 10.2. The number of hydrogen-bond donors (Lipinski definition) is 1. The number of benzene rings is 1. The molecule has 1 N–H and O–H groups in total. The molecule has 1 aromatic rings. The number of aliphatic hydroxyl groups excluding tert-OH is 1. The molecule has 24 heavy (non-hydrogen) atoms. The predicted molar refractivity (Wildman–Crippen MR) is 95.4 cm³/mol. The van der Waals surface area contributed by atoms with Gasteiger partial charge in [-0.15, -0.1) is 0 Å². The van der Waals surface area contributed by atoms with Crippen molar-refractivity contribution in [2.24, 2.45) is 0 Å². The van der Waals surface area contributed by atoms with Gasteiger partial charge < -0.3 is 19.5 Å². The monoisotopic (exact) mass is 333 g/mol. The molecule has 2 fully saturated rings. The van der Waals surface area contributed by atoms with Crippen LogP contribution < -0.4 is 4.74 Å². The molecule has 0 spiro atoms. The van der Waals surface area contributed by atoms with Crippen molar-refractivity contribution in [1.29, 1.82) is 0 Å². The Bertz CT molecular complexity index is 453. The summed E-state index contributed by atoms with van der Waals surface area (Å²) in [4.78, 5) is 2.33. The van der Waals surface area contributed by atoms with Gasteiger partial charge in [-0.1, -0.05) is 37.5 Å². The van der Waals surface area contributed by atoms with Crippen LogP contribution in [0.4, 0.5) is 0 Å². The Balaban J connectivity index is 1.31. The first-order chi connectivity index (χ1) is 11.8. The van der Waals surface area contributed by atoms with E-state index in [1.54, 1.807) is 0 Å². The first-order valence-electron chi connectivity index (χ1n) is 9.53. The van der Waals surface area contributed by atoms with Gasteiger partial charge in [-0.3, -0.25) is 0 Å². The lowest BCUT2D eigenvalue weighted by Gasteiger charge is -2.33. The van der Waals surface area contributed by atoms with Crippen molar-refractivity contribution in [3.8, 4) is 5.75 Å². The van der Waals surface area contributed by atoms with Crippen LogP contribution in [0.3, 0.4) is 0 Å². The Labute approximate surface area is 145 Å². The van der Waals surface area contributed by atoms with Gasteiger partial charge >= 0.3 is 0 Å². The molecule has 0 bridgehead atoms. The highest BCUT2D eigenvalue weighted by Gasteiger charge is 2.23. The lowest BCUT2D eigenvalue weighted by Crippen LogP contribution is -2.43. The second kappa shape index (κ2) is 9.40. The van der Waals surface area contributed by atoms with E-state index in [1.807, 2.05) is 30.3 Å². The number of aliphatic hydroxyl groups is 1. The van der Waals surface area contributed by atoms with E-state index in [0.29, 0.717) is 25.4 Å². The molecule has 1 saturated carbocycles. The van der Waals surface area contributed by atoms with Crippen molar-refractivity contribution >= 4 is 0 Å². The van der Waals surface area contributed by atoms with Gasteiger partial charge in [0.1, 0.15) is 11.9 Å². The number of nitrogens with zero attached hydrogens (tertiary/aromatic N) is 1. The molecule has 1 heterocycles. The Morgan fingerprint density at radius 1 is 0.958 bits per heavy atom. The summed E-state index contributed by atoms with van der Waals surface area (Å²) in [5.41, 5.74) is 0. The summed E-state index contributed by atoms with van der Waals surface area (Å²) in [6, 6.07) is 10.0. The molecule has 4 nitrogen and oxygen atoms in total. The molecule has 0 amide bonds. The second-order valence-electron chi connectivity index (χ2n) is 7.18. The Kier molecular flexibility index (Phi) is 6.94. The maximum Gasteiger partial charge on any atom is 0.119 e. The summed E-state index contributed by atoms with van der Waals surface area (Å²) >= 11 is 0. The zero-order chi connectivity index (χ0) is 16.6. The summed E-state index contributed by atoms with van der Waals surface area (Å²) < 4.78 is 11.9. The van der Waals surface area contributed by atoms with Gasteiger partial charge in [-0.25, -0.2) is 0 Å². The van der Waals surface area contributed by atoms with E-state index >= 15 is 0 Å². The highest BCUT2D eigenvalue weighted by atomic mass is 16.5. The fourth-order valence-electron chi connectivity index (χ4n) is 3.73. The van der Waals surface area contributed by atoms with Crippen LogP contribution in [0.25, 0.3) is 0 Å². The topological polar surface area (TPSA) is 41.9 Å². The number of β-amino-alcohol motifs (C(OH)–C–C–N with tert-alkyl or cyclic N) is 1. The fourth-order valence-corrected chi connectivity index (χ4v) is 3.73. The lowest BCUT2D eigenvalue weighted by molar-refractivity contribution is -0.0374. The molecular weight excluding hydrogens is 302 g/mol. The molecule has 1 atom stereocenters. The van der Waals surface area contributed by atoms with Gasteiger partial charge in [0, 0.05) is 19.6 Å². The molecule has 0 unspecified atom stereocenters. The van der Waals surface area contributed by atoms with Crippen LogP contribution in [0, 0.1) is 0 Å². The minimum Gasteiger partial charge on any atom is -0.490 e. The van der Waals surface area contributed by atoms with Crippen LogP contribution in [0.15, 0.2) is 30.3 Å². The van der Waals surface area contributed by atoms with E-state index in [0.717, 1.165) is 44.5 Å². The third-order valence-corrected chi connectivity index (χ3v) is 5.13. The molecule has 1 aromatic carbocycles. The average Bonchev–Trinajstić information content (AvgIpc) is 2.63.